The van der Waals surface area contributed by atoms with Gasteiger partial charge in [0, 0.05) is 6.04 Å². The molecule has 1 aromatic rings. The maximum atomic E-state index is 8.81. The zero-order valence-electron chi connectivity index (χ0n) is 11.4. The van der Waals surface area contributed by atoms with Gasteiger partial charge in [-0.2, -0.15) is 0 Å². The van der Waals surface area contributed by atoms with E-state index < -0.39 is 0 Å². The maximum Gasteiger partial charge on any atom is 0.231 e. The number of carbonyl (C=O) groups is 1. The molecule has 2 aliphatic heterocycles. The van der Waals surface area contributed by atoms with E-state index in [0.717, 1.165) is 30.8 Å². The van der Waals surface area contributed by atoms with Gasteiger partial charge in [0.15, 0.2) is 11.5 Å². The van der Waals surface area contributed by atoms with Gasteiger partial charge < -0.3 is 19.6 Å². The average Bonchev–Trinajstić information content (AvgIpc) is 2.88. The summed E-state index contributed by atoms with van der Waals surface area (Å²) in [5, 5.41) is 3.56. The van der Waals surface area contributed by atoms with Crippen molar-refractivity contribution in [3.63, 3.8) is 0 Å². The normalized spacial score (nSPS) is 20.4. The van der Waals surface area contributed by atoms with E-state index in [2.05, 4.69) is 17.4 Å². The van der Waals surface area contributed by atoms with Gasteiger partial charge in [0.1, 0.15) is 6.29 Å². The van der Waals surface area contributed by atoms with Crippen LogP contribution in [0, 0.1) is 0 Å². The van der Waals surface area contributed by atoms with Gasteiger partial charge in [0.05, 0.1) is 0 Å². The van der Waals surface area contributed by atoms with Crippen LogP contribution in [-0.2, 0) is 11.2 Å². The molecule has 4 heteroatoms. The predicted molar refractivity (Wildman–Crippen MR) is 73.6 cm³/mol. The molecule has 19 heavy (non-hydrogen) atoms. The highest BCUT2D eigenvalue weighted by molar-refractivity contribution is 5.44. The molecular formula is C15H21NO3. The average molecular weight is 263 g/mol. The molecule has 0 amide bonds. The highest BCUT2D eigenvalue weighted by atomic mass is 16.7. The molecule has 0 spiro atoms. The van der Waals surface area contributed by atoms with Crippen molar-refractivity contribution in [3.05, 3.63) is 23.8 Å². The second-order valence-electron chi connectivity index (χ2n) is 4.77. The largest absolute Gasteiger partial charge is 0.454 e. The zero-order chi connectivity index (χ0) is 13.5. The molecule has 0 radical (unpaired) electrons. The van der Waals surface area contributed by atoms with E-state index in [1.807, 2.05) is 6.07 Å². The fourth-order valence-corrected chi connectivity index (χ4v) is 2.45. The minimum Gasteiger partial charge on any atom is -0.454 e. The van der Waals surface area contributed by atoms with Crippen LogP contribution in [0.1, 0.15) is 31.7 Å². The summed E-state index contributed by atoms with van der Waals surface area (Å²) in [6, 6.07) is 6.90. The van der Waals surface area contributed by atoms with Crippen LogP contribution in [0.5, 0.6) is 11.5 Å². The van der Waals surface area contributed by atoms with Gasteiger partial charge in [-0.1, -0.05) is 12.5 Å². The van der Waals surface area contributed by atoms with Gasteiger partial charge in [-0.3, -0.25) is 0 Å². The second kappa shape index (κ2) is 7.14. The van der Waals surface area contributed by atoms with E-state index in [4.69, 9.17) is 14.3 Å². The summed E-state index contributed by atoms with van der Waals surface area (Å²) in [7, 11) is 0. The van der Waals surface area contributed by atoms with Gasteiger partial charge in [-0.15, -0.1) is 0 Å². The highest BCUT2D eigenvalue weighted by Gasteiger charge is 2.16. The summed E-state index contributed by atoms with van der Waals surface area (Å²) >= 11 is 0. The number of aldehydes is 1. The Bertz CT molecular complexity index is 414. The topological polar surface area (TPSA) is 47.6 Å². The van der Waals surface area contributed by atoms with E-state index in [0.29, 0.717) is 12.8 Å². The Morgan fingerprint density at radius 2 is 2.11 bits per heavy atom. The molecule has 1 N–H and O–H groups in total. The van der Waals surface area contributed by atoms with Crippen molar-refractivity contribution in [2.45, 2.75) is 38.6 Å². The Kier molecular flexibility index (Phi) is 5.21. The van der Waals surface area contributed by atoms with Gasteiger partial charge in [-0.25, -0.2) is 0 Å². The van der Waals surface area contributed by atoms with Crippen LogP contribution in [-0.4, -0.2) is 25.7 Å². The summed E-state index contributed by atoms with van der Waals surface area (Å²) in [5.41, 5.74) is 1.34. The van der Waals surface area contributed by atoms with Crippen molar-refractivity contribution in [2.75, 3.05) is 13.3 Å². The van der Waals surface area contributed by atoms with Crippen LogP contribution >= 0.6 is 0 Å². The Labute approximate surface area is 114 Å². The summed E-state index contributed by atoms with van der Waals surface area (Å²) in [6.07, 6.45) is 5.80. The lowest BCUT2D eigenvalue weighted by Gasteiger charge is -2.23. The Hall–Kier alpha value is -1.55. The molecule has 4 nitrogen and oxygen atoms in total. The van der Waals surface area contributed by atoms with Crippen molar-refractivity contribution in [1.82, 2.24) is 5.32 Å². The lowest BCUT2D eigenvalue weighted by molar-refractivity contribution is -0.106. The van der Waals surface area contributed by atoms with Gasteiger partial charge in [-0.05, 0) is 50.4 Å². The molecule has 1 aromatic carbocycles. The van der Waals surface area contributed by atoms with E-state index in [-0.39, 0.29) is 0 Å². The Balaban J connectivity index is 0.000000408. The highest BCUT2D eigenvalue weighted by Crippen LogP contribution is 2.33. The van der Waals surface area contributed by atoms with Crippen LogP contribution in [0.4, 0.5) is 0 Å². The molecule has 1 unspecified atom stereocenters. The number of hydrogen-bond donors (Lipinski definition) is 1. The van der Waals surface area contributed by atoms with E-state index >= 15 is 0 Å². The van der Waals surface area contributed by atoms with Crippen LogP contribution in [0.15, 0.2) is 18.2 Å². The fourth-order valence-electron chi connectivity index (χ4n) is 2.45. The smallest absolute Gasteiger partial charge is 0.231 e. The summed E-state index contributed by atoms with van der Waals surface area (Å²) in [5.74, 6) is 1.77. The van der Waals surface area contributed by atoms with Gasteiger partial charge in [0.2, 0.25) is 6.79 Å². The Morgan fingerprint density at radius 1 is 1.32 bits per heavy atom. The number of nitrogens with one attached hydrogen (secondary N) is 1. The van der Waals surface area contributed by atoms with Crippen LogP contribution in [0.2, 0.25) is 0 Å². The summed E-state index contributed by atoms with van der Waals surface area (Å²) in [4.78, 5) is 8.81. The number of benzene rings is 1. The van der Waals surface area contributed by atoms with E-state index in [1.165, 1.54) is 31.7 Å². The third kappa shape index (κ3) is 3.96. The Morgan fingerprint density at radius 3 is 2.84 bits per heavy atom. The standard InChI is InChI=1S/C13H17NO2.C2H4O/c1-2-6-14-11(3-1)7-10-4-5-12-13(8-10)16-9-15-12;1-2-3/h4-5,8,11,14H,1-3,6-7,9H2;2H,1H3. The summed E-state index contributed by atoms with van der Waals surface area (Å²) in [6.45, 7) is 2.97. The number of ether oxygens (including phenoxy) is 2. The van der Waals surface area contributed by atoms with Gasteiger partial charge >= 0.3 is 0 Å². The predicted octanol–water partition coefficient (Wildman–Crippen LogP) is 2.31. The molecule has 1 saturated heterocycles. The maximum absolute atomic E-state index is 8.81. The summed E-state index contributed by atoms with van der Waals surface area (Å²) < 4.78 is 10.7. The molecule has 3 rings (SSSR count). The van der Waals surface area contributed by atoms with Crippen molar-refractivity contribution in [2.24, 2.45) is 0 Å². The molecule has 0 bridgehead atoms. The first kappa shape index (κ1) is 13.9. The SMILES string of the molecule is CC=O.c1cc2c(cc1CC1CCCCN1)OCO2. The third-order valence-corrected chi connectivity index (χ3v) is 3.33. The molecule has 2 aliphatic rings. The lowest BCUT2D eigenvalue weighted by atomic mass is 9.98. The second-order valence-corrected chi connectivity index (χ2v) is 4.77. The van der Waals surface area contributed by atoms with E-state index in [1.54, 1.807) is 0 Å². The third-order valence-electron chi connectivity index (χ3n) is 3.33. The molecule has 2 heterocycles. The van der Waals surface area contributed by atoms with Crippen molar-refractivity contribution in [1.29, 1.82) is 0 Å². The quantitative estimate of drug-likeness (QED) is 0.832. The first-order valence-corrected chi connectivity index (χ1v) is 6.85. The monoisotopic (exact) mass is 263 g/mol. The van der Waals surface area contributed by atoms with Crippen LogP contribution < -0.4 is 14.8 Å². The lowest BCUT2D eigenvalue weighted by Crippen LogP contribution is -2.35. The molecule has 0 saturated carbocycles. The molecule has 104 valence electrons. The number of rotatable bonds is 2. The molecule has 1 fully saturated rings. The first-order valence-electron chi connectivity index (χ1n) is 6.85. The molecule has 0 aromatic heterocycles. The van der Waals surface area contributed by atoms with Crippen LogP contribution in [0.25, 0.3) is 0 Å². The van der Waals surface area contributed by atoms with Crippen molar-refractivity contribution in [3.8, 4) is 11.5 Å². The van der Waals surface area contributed by atoms with E-state index in [9.17, 15) is 0 Å². The van der Waals surface area contributed by atoms with Crippen LogP contribution in [0.3, 0.4) is 0 Å². The minimum atomic E-state index is 0.362. The number of carbonyl (C=O) groups excluding carboxylic acids is 1. The molecule has 0 aliphatic carbocycles. The zero-order valence-corrected chi connectivity index (χ0v) is 11.4. The first-order chi connectivity index (χ1) is 9.33. The number of hydrogen-bond acceptors (Lipinski definition) is 4. The molecular weight excluding hydrogens is 242 g/mol. The minimum absolute atomic E-state index is 0.362. The fraction of sp³-hybridized carbons (Fsp3) is 0.533. The number of piperidine rings is 1. The number of fused-ring (bicyclic) bond motifs is 1. The van der Waals surface area contributed by atoms with Crippen molar-refractivity contribution >= 4 is 6.29 Å². The van der Waals surface area contributed by atoms with Crippen molar-refractivity contribution < 1.29 is 14.3 Å². The molecule has 1 atom stereocenters. The van der Waals surface area contributed by atoms with Gasteiger partial charge in [0.25, 0.3) is 0 Å².